The van der Waals surface area contributed by atoms with Gasteiger partial charge in [0.25, 0.3) is 0 Å². The van der Waals surface area contributed by atoms with E-state index in [4.69, 9.17) is 22.3 Å². The molecule has 2 aliphatic rings. The number of amides is 7. The van der Waals surface area contributed by atoms with Gasteiger partial charge in [-0.25, -0.2) is 4.79 Å². The molecule has 382 valence electrons. The van der Waals surface area contributed by atoms with E-state index in [1.807, 2.05) is 0 Å². The normalized spacial score (nSPS) is 18.6. The minimum Gasteiger partial charge on any atom is -0.508 e. The number of aliphatic carboxylic acids is 3. The van der Waals surface area contributed by atoms with Crippen LogP contribution in [0.4, 0.5) is 0 Å². The fraction of sp³-hybridized carbons (Fsp3) is 0.614. The molecule has 3 rings (SSSR count). The Bertz CT molecular complexity index is 2070. The average molecular weight is 974 g/mol. The molecule has 0 bridgehead atoms. The van der Waals surface area contributed by atoms with Crippen molar-refractivity contribution in [3.63, 3.8) is 0 Å². The standard InChI is InChI=1S/C44H67N11O14/c1-5-23(4)35(43(68)69)53-37(62)28(21-33(59)60)50-38(63)30-10-7-18-55(30)42(67)29(19-24-12-14-25(56)15-13-24)51-40(65)34(22(2)3)52-39(64)31-11-8-17-54(31)41(66)27(9-6-16-48-44(46)47)49-36(61)26(45)20-32(57)58/h12-15,22-23,26-31,34-35,56H,5-11,16-21,45H2,1-4H3,(H,49,61)(H,50,63)(H,51,65)(H,52,64)(H,53,62)(H,57,58)(H,59,60)(H,68,69)(H4,46,47,48)/t23-,26-,27-,28-,29-,30-,31-,34-,35-/m0/s1. The summed E-state index contributed by atoms with van der Waals surface area (Å²) in [5, 5.41) is 51.0. The summed E-state index contributed by atoms with van der Waals surface area (Å²) in [5.41, 5.74) is 17.1. The van der Waals surface area contributed by atoms with Crippen LogP contribution in [0, 0.1) is 11.8 Å². The lowest BCUT2D eigenvalue weighted by Crippen LogP contribution is -2.61. The first kappa shape index (κ1) is 56.3. The van der Waals surface area contributed by atoms with Crippen LogP contribution in [0.25, 0.3) is 0 Å². The molecule has 7 amide bonds. The highest BCUT2D eigenvalue weighted by molar-refractivity contribution is 5.99. The summed E-state index contributed by atoms with van der Waals surface area (Å²) in [4.78, 5) is 138. The first-order chi connectivity index (χ1) is 32.4. The highest BCUT2D eigenvalue weighted by Gasteiger charge is 2.43. The second-order valence-corrected chi connectivity index (χ2v) is 17.6. The van der Waals surface area contributed by atoms with Gasteiger partial charge in [0.15, 0.2) is 5.96 Å². The highest BCUT2D eigenvalue weighted by Crippen LogP contribution is 2.23. The molecular weight excluding hydrogens is 907 g/mol. The zero-order valence-corrected chi connectivity index (χ0v) is 39.2. The molecule has 0 unspecified atom stereocenters. The number of guanidine groups is 1. The van der Waals surface area contributed by atoms with Crippen LogP contribution in [0.3, 0.4) is 0 Å². The Morgan fingerprint density at radius 3 is 1.74 bits per heavy atom. The molecule has 0 saturated carbocycles. The zero-order chi connectivity index (χ0) is 51.7. The first-order valence-corrected chi connectivity index (χ1v) is 22.8. The number of aliphatic imine (C=N–C) groups is 1. The van der Waals surface area contributed by atoms with E-state index in [-0.39, 0.29) is 63.4 Å². The van der Waals surface area contributed by atoms with E-state index in [1.54, 1.807) is 27.7 Å². The average Bonchev–Trinajstić information content (AvgIpc) is 3.98. The fourth-order valence-electron chi connectivity index (χ4n) is 8.03. The Hall–Kier alpha value is -7.05. The van der Waals surface area contributed by atoms with E-state index in [9.17, 15) is 63.3 Å². The summed E-state index contributed by atoms with van der Waals surface area (Å²) in [6.07, 6.45) is -0.308. The van der Waals surface area contributed by atoms with Crippen molar-refractivity contribution in [2.75, 3.05) is 19.6 Å². The summed E-state index contributed by atoms with van der Waals surface area (Å²) >= 11 is 0. The number of carboxylic acids is 3. The van der Waals surface area contributed by atoms with Crippen molar-refractivity contribution in [2.24, 2.45) is 34.0 Å². The number of benzene rings is 1. The van der Waals surface area contributed by atoms with Crippen LogP contribution in [-0.4, -0.2) is 163 Å². The van der Waals surface area contributed by atoms with E-state index < -0.39 is 132 Å². The Morgan fingerprint density at radius 2 is 1.23 bits per heavy atom. The van der Waals surface area contributed by atoms with Crippen molar-refractivity contribution in [1.82, 2.24) is 36.4 Å². The van der Waals surface area contributed by atoms with Crippen molar-refractivity contribution in [3.05, 3.63) is 29.8 Å². The molecule has 0 aromatic heterocycles. The molecule has 2 heterocycles. The van der Waals surface area contributed by atoms with Gasteiger partial charge in [-0.2, -0.15) is 0 Å². The van der Waals surface area contributed by atoms with Crippen LogP contribution in [-0.2, 0) is 54.4 Å². The third-order valence-electron chi connectivity index (χ3n) is 12.0. The van der Waals surface area contributed by atoms with Gasteiger partial charge in [0.05, 0.1) is 18.9 Å². The van der Waals surface area contributed by atoms with Gasteiger partial charge >= 0.3 is 17.9 Å². The molecule has 2 saturated heterocycles. The van der Waals surface area contributed by atoms with Gasteiger partial charge in [-0.1, -0.05) is 46.2 Å². The van der Waals surface area contributed by atoms with E-state index in [1.165, 1.54) is 34.1 Å². The fourth-order valence-corrected chi connectivity index (χ4v) is 8.03. The number of carboxylic acid groups (broad SMARTS) is 3. The number of nitrogens with two attached hydrogens (primary N) is 3. The first-order valence-electron chi connectivity index (χ1n) is 22.8. The van der Waals surface area contributed by atoms with Gasteiger partial charge in [0, 0.05) is 26.1 Å². The van der Waals surface area contributed by atoms with E-state index in [2.05, 4.69) is 31.6 Å². The molecule has 1 aromatic carbocycles. The number of likely N-dealkylation sites (tertiary alicyclic amines) is 2. The molecule has 9 atom stereocenters. The van der Waals surface area contributed by atoms with Crippen molar-refractivity contribution >= 4 is 65.2 Å². The molecule has 0 radical (unpaired) electrons. The number of carbonyl (C=O) groups excluding carboxylic acids is 7. The summed E-state index contributed by atoms with van der Waals surface area (Å²) in [6.45, 7) is 6.74. The zero-order valence-electron chi connectivity index (χ0n) is 39.2. The summed E-state index contributed by atoms with van der Waals surface area (Å²) in [6, 6.07) is -5.13. The second kappa shape index (κ2) is 26.5. The number of nitrogens with one attached hydrogen (secondary N) is 5. The predicted octanol–water partition coefficient (Wildman–Crippen LogP) is -2.54. The molecule has 2 fully saturated rings. The number of hydrogen-bond acceptors (Lipinski definition) is 13. The lowest BCUT2D eigenvalue weighted by molar-refractivity contribution is -0.146. The van der Waals surface area contributed by atoms with Crippen molar-refractivity contribution in [3.8, 4) is 5.75 Å². The predicted molar refractivity (Wildman–Crippen MR) is 245 cm³/mol. The SMILES string of the molecule is CC[C@H](C)[C@H](NC(=O)[C@H](CC(=O)O)NC(=O)[C@@H]1CCCN1C(=O)[C@H](Cc1ccc(O)cc1)NC(=O)[C@@H](NC(=O)[C@@H]1CCCN1C(=O)[C@H](CCCN=C(N)N)NC(=O)[C@@H](N)CC(=O)O)C(C)C)C(=O)O. The van der Waals surface area contributed by atoms with Gasteiger partial charge in [-0.15, -0.1) is 0 Å². The third-order valence-corrected chi connectivity index (χ3v) is 12.0. The molecule has 2 aliphatic heterocycles. The van der Waals surface area contributed by atoms with Crippen LogP contribution in [0.15, 0.2) is 29.3 Å². The molecule has 0 aliphatic carbocycles. The quantitative estimate of drug-likeness (QED) is 0.0258. The lowest BCUT2D eigenvalue weighted by atomic mass is 9.98. The third kappa shape index (κ3) is 16.9. The maximum atomic E-state index is 14.5. The number of carbonyl (C=O) groups is 10. The highest BCUT2D eigenvalue weighted by atomic mass is 16.4. The number of rotatable bonds is 26. The molecule has 15 N–H and O–H groups in total. The molecule has 69 heavy (non-hydrogen) atoms. The minimum atomic E-state index is -1.71. The Labute approximate surface area is 398 Å². The molecular formula is C44H67N11O14. The van der Waals surface area contributed by atoms with Gasteiger partial charge in [0.1, 0.15) is 48.0 Å². The van der Waals surface area contributed by atoms with E-state index in [0.29, 0.717) is 24.8 Å². The van der Waals surface area contributed by atoms with E-state index in [0.717, 1.165) is 0 Å². The van der Waals surface area contributed by atoms with E-state index >= 15 is 0 Å². The molecule has 25 nitrogen and oxygen atoms in total. The molecule has 0 spiro atoms. The van der Waals surface area contributed by atoms with Gasteiger partial charge in [-0.3, -0.25) is 48.1 Å². The summed E-state index contributed by atoms with van der Waals surface area (Å²) < 4.78 is 0. The number of aromatic hydroxyl groups is 1. The van der Waals surface area contributed by atoms with Crippen LogP contribution in [0.1, 0.15) is 91.0 Å². The molecule has 1 aromatic rings. The Morgan fingerprint density at radius 1 is 0.696 bits per heavy atom. The van der Waals surface area contributed by atoms with Crippen LogP contribution in [0.5, 0.6) is 5.75 Å². The summed E-state index contributed by atoms with van der Waals surface area (Å²) in [5.74, 6) is -11.4. The second-order valence-electron chi connectivity index (χ2n) is 17.6. The number of phenols is 1. The van der Waals surface area contributed by atoms with Gasteiger partial charge in [-0.05, 0) is 68.1 Å². The largest absolute Gasteiger partial charge is 0.508 e. The minimum absolute atomic E-state index is 0.0111. The number of phenolic OH excluding ortho intramolecular Hbond substituents is 1. The van der Waals surface area contributed by atoms with Crippen LogP contribution >= 0.6 is 0 Å². The number of hydrogen-bond donors (Lipinski definition) is 12. The maximum Gasteiger partial charge on any atom is 0.326 e. The van der Waals surface area contributed by atoms with Crippen molar-refractivity contribution in [1.29, 1.82) is 0 Å². The topological polar surface area (TPSA) is 409 Å². The number of nitrogens with zero attached hydrogens (tertiary/aromatic N) is 3. The smallest absolute Gasteiger partial charge is 0.326 e. The van der Waals surface area contributed by atoms with Gasteiger partial charge < -0.3 is 74.0 Å². The lowest BCUT2D eigenvalue weighted by Gasteiger charge is -2.32. The summed E-state index contributed by atoms with van der Waals surface area (Å²) in [7, 11) is 0. The van der Waals surface area contributed by atoms with Crippen LogP contribution < -0.4 is 43.8 Å². The Balaban J connectivity index is 1.87. The monoisotopic (exact) mass is 973 g/mol. The van der Waals surface area contributed by atoms with Gasteiger partial charge in [0.2, 0.25) is 41.4 Å². The maximum absolute atomic E-state index is 14.5. The van der Waals surface area contributed by atoms with Crippen molar-refractivity contribution < 1.29 is 68.4 Å². The van der Waals surface area contributed by atoms with Crippen molar-refractivity contribution in [2.45, 2.75) is 140 Å². The Kier molecular flexibility index (Phi) is 21.6. The molecule has 25 heteroatoms. The van der Waals surface area contributed by atoms with Crippen LogP contribution in [0.2, 0.25) is 0 Å².